The van der Waals surface area contributed by atoms with Crippen LogP contribution in [0, 0.1) is 13.8 Å². The quantitative estimate of drug-likeness (QED) is 0.571. The van der Waals surface area contributed by atoms with E-state index in [4.69, 9.17) is 4.98 Å². The predicted octanol–water partition coefficient (Wildman–Crippen LogP) is 3.22. The second-order valence-corrected chi connectivity index (χ2v) is 6.00. The lowest BCUT2D eigenvalue weighted by Crippen LogP contribution is -2.23. The minimum Gasteiger partial charge on any atom is -0.278 e. The molecule has 0 saturated carbocycles. The monoisotopic (exact) mass is 306 g/mol. The number of hydrogen-bond donors (Lipinski definition) is 0. The Labute approximate surface area is 133 Å². The van der Waals surface area contributed by atoms with Crippen molar-refractivity contribution in [3.8, 4) is 0 Å². The summed E-state index contributed by atoms with van der Waals surface area (Å²) in [7, 11) is 0. The Morgan fingerprint density at radius 1 is 1.17 bits per heavy atom. The summed E-state index contributed by atoms with van der Waals surface area (Å²) in [6.07, 6.45) is 2.60. The zero-order chi connectivity index (χ0) is 16.1. The van der Waals surface area contributed by atoms with Gasteiger partial charge in [0.1, 0.15) is 0 Å². The summed E-state index contributed by atoms with van der Waals surface area (Å²) in [5, 5.41) is 0.631. The first-order valence-electron chi connectivity index (χ1n) is 7.88. The molecule has 0 unspecified atom stereocenters. The van der Waals surface area contributed by atoms with Crippen molar-refractivity contribution in [1.29, 1.82) is 0 Å². The summed E-state index contributed by atoms with van der Waals surface area (Å²) in [6, 6.07) is 7.84. The molecule has 23 heavy (non-hydrogen) atoms. The summed E-state index contributed by atoms with van der Waals surface area (Å²) < 4.78 is 3.77. The maximum absolute atomic E-state index is 12.8. The predicted molar refractivity (Wildman–Crippen MR) is 92.0 cm³/mol. The number of nitrogens with zero attached hydrogens (tertiary/aromatic N) is 4. The highest BCUT2D eigenvalue weighted by atomic mass is 16.1. The van der Waals surface area contributed by atoms with E-state index in [1.807, 2.05) is 10.5 Å². The Morgan fingerprint density at radius 2 is 1.96 bits per heavy atom. The van der Waals surface area contributed by atoms with E-state index in [-0.39, 0.29) is 5.56 Å². The molecule has 3 aromatic heterocycles. The number of pyridine rings is 1. The van der Waals surface area contributed by atoms with E-state index in [1.165, 1.54) is 11.1 Å². The maximum Gasteiger partial charge on any atom is 0.264 e. The smallest absolute Gasteiger partial charge is 0.264 e. The Morgan fingerprint density at radius 3 is 2.74 bits per heavy atom. The summed E-state index contributed by atoms with van der Waals surface area (Å²) >= 11 is 0. The van der Waals surface area contributed by atoms with Gasteiger partial charge in [0.05, 0.1) is 16.4 Å². The van der Waals surface area contributed by atoms with Crippen LogP contribution in [0.15, 0.2) is 35.3 Å². The fraction of sp³-hybridized carbons (Fsp3) is 0.278. The molecular weight excluding hydrogens is 288 g/mol. The third-order valence-corrected chi connectivity index (χ3v) is 4.41. The van der Waals surface area contributed by atoms with Crippen LogP contribution in [-0.4, -0.2) is 18.9 Å². The number of imidazole rings is 1. The average molecular weight is 306 g/mol. The van der Waals surface area contributed by atoms with Crippen LogP contribution < -0.4 is 5.56 Å². The van der Waals surface area contributed by atoms with E-state index in [2.05, 4.69) is 37.9 Å². The summed E-state index contributed by atoms with van der Waals surface area (Å²) in [5.74, 6) is 0.669. The van der Waals surface area contributed by atoms with Gasteiger partial charge in [-0.2, -0.15) is 0 Å². The lowest BCUT2D eigenvalue weighted by Gasteiger charge is -2.09. The minimum absolute atomic E-state index is 0.0220. The molecule has 0 atom stereocenters. The molecule has 0 aliphatic rings. The molecule has 5 heteroatoms. The van der Waals surface area contributed by atoms with Gasteiger partial charge in [0, 0.05) is 12.7 Å². The fourth-order valence-electron chi connectivity index (χ4n) is 3.11. The Balaban J connectivity index is 2.33. The van der Waals surface area contributed by atoms with E-state index >= 15 is 0 Å². The third kappa shape index (κ3) is 1.89. The molecule has 0 bridgehead atoms. The zero-order valence-electron chi connectivity index (χ0n) is 13.5. The van der Waals surface area contributed by atoms with Gasteiger partial charge >= 0.3 is 0 Å². The zero-order valence-corrected chi connectivity index (χ0v) is 13.5. The number of rotatable bonds is 2. The third-order valence-electron chi connectivity index (χ3n) is 4.41. The summed E-state index contributed by atoms with van der Waals surface area (Å²) in [5.41, 5.74) is 4.95. The van der Waals surface area contributed by atoms with Crippen molar-refractivity contribution >= 4 is 27.8 Å². The van der Waals surface area contributed by atoms with Gasteiger partial charge in [0.25, 0.3) is 5.56 Å². The normalized spacial score (nSPS) is 11.8. The molecule has 0 aliphatic carbocycles. The van der Waals surface area contributed by atoms with Crippen molar-refractivity contribution < 1.29 is 0 Å². The molecule has 0 radical (unpaired) electrons. The second kappa shape index (κ2) is 4.91. The van der Waals surface area contributed by atoms with Crippen molar-refractivity contribution in [3.05, 3.63) is 51.9 Å². The molecule has 4 rings (SSSR count). The van der Waals surface area contributed by atoms with Gasteiger partial charge in [-0.1, -0.05) is 6.92 Å². The van der Waals surface area contributed by atoms with Crippen LogP contribution in [0.4, 0.5) is 0 Å². The van der Waals surface area contributed by atoms with Gasteiger partial charge in [-0.15, -0.1) is 0 Å². The van der Waals surface area contributed by atoms with Gasteiger partial charge < -0.3 is 0 Å². The number of aryl methyl sites for hydroxylation is 3. The lowest BCUT2D eigenvalue weighted by atomic mass is 10.1. The molecule has 0 N–H and O–H groups in total. The van der Waals surface area contributed by atoms with Crippen LogP contribution in [0.5, 0.6) is 0 Å². The van der Waals surface area contributed by atoms with Gasteiger partial charge in [0.2, 0.25) is 5.78 Å². The summed E-state index contributed by atoms with van der Waals surface area (Å²) in [6.45, 7) is 6.88. The van der Waals surface area contributed by atoms with E-state index in [9.17, 15) is 4.79 Å². The van der Waals surface area contributed by atoms with Crippen LogP contribution in [0.1, 0.15) is 24.5 Å². The van der Waals surface area contributed by atoms with E-state index < -0.39 is 0 Å². The molecule has 0 fully saturated rings. The molecule has 0 aliphatic heterocycles. The molecule has 4 aromatic rings. The van der Waals surface area contributed by atoms with Gasteiger partial charge in [-0.25, -0.2) is 9.97 Å². The number of aromatic nitrogens is 4. The number of benzene rings is 1. The average Bonchev–Trinajstić information content (AvgIpc) is 2.90. The highest BCUT2D eigenvalue weighted by Gasteiger charge is 2.16. The van der Waals surface area contributed by atoms with Crippen LogP contribution >= 0.6 is 0 Å². The van der Waals surface area contributed by atoms with E-state index in [0.717, 1.165) is 17.5 Å². The molecule has 5 nitrogen and oxygen atoms in total. The standard InChI is InChI=1S/C18H18N4O/c1-4-8-21-17(23)13-6-5-7-19-16(13)22-15-10-12(3)11(2)9-14(15)20-18(21)22/h5-7,9-10H,4,8H2,1-3H3. The number of hydrogen-bond acceptors (Lipinski definition) is 3. The first kappa shape index (κ1) is 13.9. The van der Waals surface area contributed by atoms with Gasteiger partial charge in [-0.05, 0) is 55.7 Å². The van der Waals surface area contributed by atoms with Gasteiger partial charge in [0.15, 0.2) is 5.65 Å². The molecular formula is C18H18N4O. The van der Waals surface area contributed by atoms with Gasteiger partial charge in [-0.3, -0.25) is 13.8 Å². The highest BCUT2D eigenvalue weighted by molar-refractivity contribution is 5.88. The van der Waals surface area contributed by atoms with Crippen LogP contribution in [0.2, 0.25) is 0 Å². The number of fused-ring (bicyclic) bond motifs is 5. The van der Waals surface area contributed by atoms with Crippen molar-refractivity contribution in [2.45, 2.75) is 33.7 Å². The highest BCUT2D eigenvalue weighted by Crippen LogP contribution is 2.23. The van der Waals surface area contributed by atoms with E-state index in [0.29, 0.717) is 23.4 Å². The van der Waals surface area contributed by atoms with Crippen molar-refractivity contribution in [1.82, 2.24) is 18.9 Å². The Bertz CT molecular complexity index is 1120. The lowest BCUT2D eigenvalue weighted by molar-refractivity contribution is 0.665. The largest absolute Gasteiger partial charge is 0.278 e. The molecule has 0 saturated heterocycles. The van der Waals surface area contributed by atoms with Crippen LogP contribution in [0.3, 0.4) is 0 Å². The first-order valence-corrected chi connectivity index (χ1v) is 7.88. The second-order valence-electron chi connectivity index (χ2n) is 6.00. The molecule has 0 spiro atoms. The minimum atomic E-state index is -0.0220. The topological polar surface area (TPSA) is 52.2 Å². The Hall–Kier alpha value is -2.69. The molecule has 116 valence electrons. The summed E-state index contributed by atoms with van der Waals surface area (Å²) in [4.78, 5) is 22.0. The van der Waals surface area contributed by atoms with E-state index in [1.54, 1.807) is 16.8 Å². The molecule has 3 heterocycles. The van der Waals surface area contributed by atoms with Crippen LogP contribution in [0.25, 0.3) is 27.8 Å². The van der Waals surface area contributed by atoms with Crippen molar-refractivity contribution in [2.24, 2.45) is 0 Å². The molecule has 1 aromatic carbocycles. The maximum atomic E-state index is 12.8. The van der Waals surface area contributed by atoms with Crippen molar-refractivity contribution in [2.75, 3.05) is 0 Å². The first-order chi connectivity index (χ1) is 11.1. The Kier molecular flexibility index (Phi) is 2.98. The van der Waals surface area contributed by atoms with Crippen LogP contribution in [-0.2, 0) is 6.54 Å². The molecule has 0 amide bonds. The SMILES string of the molecule is CCCn1c(=O)c2cccnc2n2c3cc(C)c(C)cc3nc12. The van der Waals surface area contributed by atoms with Crippen molar-refractivity contribution in [3.63, 3.8) is 0 Å². The fourth-order valence-corrected chi connectivity index (χ4v) is 3.11.